The Hall–Kier alpha value is 0.200. The summed E-state index contributed by atoms with van der Waals surface area (Å²) < 4.78 is 1.18. The Morgan fingerprint density at radius 3 is 2.27 bits per heavy atom. The first-order valence-corrected chi connectivity index (χ1v) is 5.55. The molecule has 0 aliphatic heterocycles. The topological polar surface area (TPSA) is 37.3 Å². The number of rotatable bonds is 2. The molecule has 0 atom stereocenters. The third-order valence-electron chi connectivity index (χ3n) is 2.41. The van der Waals surface area contributed by atoms with Crippen LogP contribution in [0.3, 0.4) is 0 Å². The van der Waals surface area contributed by atoms with Gasteiger partial charge in [-0.15, -0.1) is 0 Å². The van der Waals surface area contributed by atoms with E-state index >= 15 is 0 Å². The number of aliphatic carboxylic acids is 1. The van der Waals surface area contributed by atoms with Crippen molar-refractivity contribution < 1.29 is 9.90 Å². The quantitative estimate of drug-likeness (QED) is 0.616. The number of hydrogen-bond acceptors (Lipinski definition) is 1. The minimum atomic E-state index is -0.600. The van der Waals surface area contributed by atoms with Crippen LogP contribution in [0.5, 0.6) is 0 Å². The van der Waals surface area contributed by atoms with E-state index in [1.807, 2.05) is 0 Å². The molecule has 2 nitrogen and oxygen atoms in total. The highest BCUT2D eigenvalue weighted by atomic mass is 127. The first-order valence-electron chi connectivity index (χ1n) is 4.02. The van der Waals surface area contributed by atoms with Gasteiger partial charge < -0.3 is 5.11 Å². The van der Waals surface area contributed by atoms with Crippen molar-refractivity contribution in [2.24, 2.45) is 11.8 Å². The fraction of sp³-hybridized carbons (Fsp3) is 0.875. The zero-order valence-electron chi connectivity index (χ0n) is 6.42. The van der Waals surface area contributed by atoms with E-state index in [0.717, 1.165) is 31.6 Å². The molecule has 1 aliphatic carbocycles. The first kappa shape index (κ1) is 9.29. The fourth-order valence-corrected chi connectivity index (χ4v) is 2.44. The Labute approximate surface area is 80.5 Å². The van der Waals surface area contributed by atoms with Gasteiger partial charge in [0.2, 0.25) is 0 Å². The summed E-state index contributed by atoms with van der Waals surface area (Å²) >= 11 is 2.38. The molecule has 1 N–H and O–H groups in total. The van der Waals surface area contributed by atoms with E-state index in [0.29, 0.717) is 0 Å². The second-order valence-electron chi connectivity index (χ2n) is 3.21. The highest BCUT2D eigenvalue weighted by Crippen LogP contribution is 2.29. The van der Waals surface area contributed by atoms with E-state index in [4.69, 9.17) is 5.11 Å². The second kappa shape index (κ2) is 4.28. The van der Waals surface area contributed by atoms with Crippen LogP contribution in [0.4, 0.5) is 0 Å². The highest BCUT2D eigenvalue weighted by Gasteiger charge is 2.24. The lowest BCUT2D eigenvalue weighted by molar-refractivity contribution is -0.143. The molecule has 11 heavy (non-hydrogen) atoms. The summed E-state index contributed by atoms with van der Waals surface area (Å²) in [6, 6.07) is 0. The van der Waals surface area contributed by atoms with Gasteiger partial charge in [0.25, 0.3) is 0 Å². The van der Waals surface area contributed by atoms with Gasteiger partial charge in [0.1, 0.15) is 0 Å². The van der Waals surface area contributed by atoms with Crippen LogP contribution in [0, 0.1) is 11.8 Å². The van der Waals surface area contributed by atoms with Gasteiger partial charge in [-0.3, -0.25) is 4.79 Å². The Kier molecular flexibility index (Phi) is 3.62. The molecule has 0 bridgehead atoms. The molecule has 0 radical (unpaired) electrons. The van der Waals surface area contributed by atoms with E-state index in [-0.39, 0.29) is 5.92 Å². The zero-order chi connectivity index (χ0) is 8.27. The number of carboxylic acids is 1. The molecule has 0 amide bonds. The van der Waals surface area contributed by atoms with Crippen molar-refractivity contribution in [1.29, 1.82) is 0 Å². The van der Waals surface area contributed by atoms with Gasteiger partial charge in [0.15, 0.2) is 0 Å². The Bertz CT molecular complexity index is 139. The molecule has 1 rings (SSSR count). The summed E-state index contributed by atoms with van der Waals surface area (Å²) in [4.78, 5) is 10.5. The molecule has 1 fully saturated rings. The van der Waals surface area contributed by atoms with Gasteiger partial charge in [0, 0.05) is 4.43 Å². The summed E-state index contributed by atoms with van der Waals surface area (Å²) in [7, 11) is 0. The summed E-state index contributed by atoms with van der Waals surface area (Å²) in [5, 5.41) is 8.70. The van der Waals surface area contributed by atoms with Crippen LogP contribution >= 0.6 is 22.6 Å². The SMILES string of the molecule is O=C(O)[C@H]1CC[C@H](CI)CC1. The summed E-state index contributed by atoms with van der Waals surface area (Å²) in [6.07, 6.45) is 4.01. The lowest BCUT2D eigenvalue weighted by Gasteiger charge is -2.24. The molecule has 0 spiro atoms. The number of alkyl halides is 1. The van der Waals surface area contributed by atoms with Gasteiger partial charge >= 0.3 is 5.97 Å². The van der Waals surface area contributed by atoms with E-state index in [1.54, 1.807) is 0 Å². The van der Waals surface area contributed by atoms with Crippen LogP contribution in [-0.4, -0.2) is 15.5 Å². The molecule has 0 saturated heterocycles. The molecular weight excluding hydrogens is 255 g/mol. The van der Waals surface area contributed by atoms with E-state index in [2.05, 4.69) is 22.6 Å². The third kappa shape index (κ3) is 2.61. The van der Waals surface area contributed by atoms with Gasteiger partial charge in [-0.1, -0.05) is 22.6 Å². The van der Waals surface area contributed by atoms with E-state index in [1.165, 1.54) is 4.43 Å². The van der Waals surface area contributed by atoms with Crippen molar-refractivity contribution in [2.75, 3.05) is 4.43 Å². The van der Waals surface area contributed by atoms with Crippen LogP contribution in [0.2, 0.25) is 0 Å². The van der Waals surface area contributed by atoms with Gasteiger partial charge in [-0.2, -0.15) is 0 Å². The summed E-state index contributed by atoms with van der Waals surface area (Å²) in [5.41, 5.74) is 0. The van der Waals surface area contributed by atoms with Crippen LogP contribution in [-0.2, 0) is 4.79 Å². The minimum absolute atomic E-state index is 0.0470. The maximum atomic E-state index is 10.5. The molecule has 0 heterocycles. The van der Waals surface area contributed by atoms with Crippen molar-refractivity contribution in [1.82, 2.24) is 0 Å². The molecule has 0 aromatic rings. The van der Waals surface area contributed by atoms with Crippen LogP contribution in [0.1, 0.15) is 25.7 Å². The van der Waals surface area contributed by atoms with E-state index < -0.39 is 5.97 Å². The van der Waals surface area contributed by atoms with E-state index in [9.17, 15) is 4.79 Å². The summed E-state index contributed by atoms with van der Waals surface area (Å²) in [6.45, 7) is 0. The van der Waals surface area contributed by atoms with Crippen molar-refractivity contribution in [3.63, 3.8) is 0 Å². The fourth-order valence-electron chi connectivity index (χ4n) is 1.56. The van der Waals surface area contributed by atoms with Crippen LogP contribution < -0.4 is 0 Å². The average molecular weight is 268 g/mol. The maximum absolute atomic E-state index is 10.5. The van der Waals surface area contributed by atoms with Crippen molar-refractivity contribution in [3.8, 4) is 0 Å². The first-order chi connectivity index (χ1) is 5.24. The van der Waals surface area contributed by atoms with Gasteiger partial charge in [0.05, 0.1) is 5.92 Å². The Morgan fingerprint density at radius 1 is 1.36 bits per heavy atom. The number of carbonyl (C=O) groups is 1. The molecular formula is C8H13IO2. The van der Waals surface area contributed by atoms with Crippen LogP contribution in [0.25, 0.3) is 0 Å². The molecule has 0 aromatic heterocycles. The van der Waals surface area contributed by atoms with Crippen molar-refractivity contribution in [3.05, 3.63) is 0 Å². The lowest BCUT2D eigenvalue weighted by atomic mass is 9.83. The highest BCUT2D eigenvalue weighted by molar-refractivity contribution is 14.1. The molecule has 0 unspecified atom stereocenters. The monoisotopic (exact) mass is 268 g/mol. The molecule has 0 aromatic carbocycles. The average Bonchev–Trinajstić information content (AvgIpc) is 2.05. The zero-order valence-corrected chi connectivity index (χ0v) is 8.58. The maximum Gasteiger partial charge on any atom is 0.306 e. The Morgan fingerprint density at radius 2 is 1.91 bits per heavy atom. The number of halogens is 1. The minimum Gasteiger partial charge on any atom is -0.481 e. The third-order valence-corrected chi connectivity index (χ3v) is 3.66. The lowest BCUT2D eigenvalue weighted by Crippen LogP contribution is -2.21. The van der Waals surface area contributed by atoms with Gasteiger partial charge in [-0.25, -0.2) is 0 Å². The molecule has 1 aliphatic rings. The largest absolute Gasteiger partial charge is 0.481 e. The van der Waals surface area contributed by atoms with Gasteiger partial charge in [-0.05, 0) is 31.6 Å². The number of hydrogen-bond donors (Lipinski definition) is 1. The predicted molar refractivity (Wildman–Crippen MR) is 52.0 cm³/mol. The predicted octanol–water partition coefficient (Wildman–Crippen LogP) is 2.31. The molecule has 1 saturated carbocycles. The van der Waals surface area contributed by atoms with Crippen LogP contribution in [0.15, 0.2) is 0 Å². The number of carboxylic acid groups (broad SMARTS) is 1. The Balaban J connectivity index is 2.30. The second-order valence-corrected chi connectivity index (χ2v) is 4.09. The smallest absolute Gasteiger partial charge is 0.306 e. The normalized spacial score (nSPS) is 31.7. The summed E-state index contributed by atoms with van der Waals surface area (Å²) in [5.74, 6) is 0.136. The molecule has 64 valence electrons. The van der Waals surface area contributed by atoms with Crippen molar-refractivity contribution in [2.45, 2.75) is 25.7 Å². The van der Waals surface area contributed by atoms with Crippen molar-refractivity contribution >= 4 is 28.6 Å². The molecule has 3 heteroatoms. The standard InChI is InChI=1S/C8H13IO2/c9-5-6-1-3-7(4-2-6)8(10)11/h6-7H,1-5H2,(H,10,11)/t6-,7-.